The summed E-state index contributed by atoms with van der Waals surface area (Å²) in [6.45, 7) is 3.06. The van der Waals surface area contributed by atoms with Crippen LogP contribution < -0.4 is 0 Å². The fourth-order valence-electron chi connectivity index (χ4n) is 4.40. The molecule has 1 aliphatic rings. The average molecular weight is 419 g/mol. The molecule has 6 nitrogen and oxygen atoms in total. The van der Waals surface area contributed by atoms with Crippen LogP contribution in [0, 0.1) is 6.92 Å². The Morgan fingerprint density at radius 1 is 0.875 bits per heavy atom. The highest BCUT2D eigenvalue weighted by Crippen LogP contribution is 2.32. The highest BCUT2D eigenvalue weighted by Gasteiger charge is 2.32. The van der Waals surface area contributed by atoms with Crippen LogP contribution in [0.4, 0.5) is 0 Å². The molecule has 32 heavy (non-hydrogen) atoms. The minimum atomic E-state index is -0.0744. The van der Waals surface area contributed by atoms with Crippen LogP contribution in [0.3, 0.4) is 0 Å². The molecule has 1 aliphatic heterocycles. The number of benzene rings is 2. The van der Waals surface area contributed by atoms with Crippen molar-refractivity contribution < 1.29 is 4.79 Å². The molecule has 0 fully saturated rings. The van der Waals surface area contributed by atoms with Gasteiger partial charge in [-0.3, -0.25) is 4.79 Å². The predicted molar refractivity (Wildman–Crippen MR) is 123 cm³/mol. The molecular formula is C26H21N5O. The third-order valence-corrected chi connectivity index (χ3v) is 6.03. The zero-order valence-electron chi connectivity index (χ0n) is 17.6. The predicted octanol–water partition coefficient (Wildman–Crippen LogP) is 4.68. The zero-order valence-corrected chi connectivity index (χ0v) is 17.6. The molecule has 0 bridgehead atoms. The Kier molecular flexibility index (Phi) is 4.18. The van der Waals surface area contributed by atoms with Gasteiger partial charge in [0.15, 0.2) is 0 Å². The molecule has 0 saturated heterocycles. The summed E-state index contributed by atoms with van der Waals surface area (Å²) < 4.78 is 4.07. The first-order valence-corrected chi connectivity index (χ1v) is 10.6. The second-order valence-corrected chi connectivity index (χ2v) is 8.09. The number of hydrogen-bond donors (Lipinski definition) is 0. The standard InChI is InChI=1S/C26H21N5O/c1-18-8-2-5-11-24(18)31-25(29-14-6-7-15-29)20-16-30(17-23(20)28-31)26(32)22-13-12-19-9-3-4-10-21(19)27-22/h2-15H,16-17H2,1H3. The smallest absolute Gasteiger partial charge is 0.273 e. The molecule has 156 valence electrons. The Labute approximate surface area is 185 Å². The van der Waals surface area contributed by atoms with Crippen LogP contribution in [0.2, 0.25) is 0 Å². The van der Waals surface area contributed by atoms with E-state index >= 15 is 0 Å². The first-order valence-electron chi connectivity index (χ1n) is 10.6. The van der Waals surface area contributed by atoms with Gasteiger partial charge >= 0.3 is 0 Å². The van der Waals surface area contributed by atoms with E-state index in [-0.39, 0.29) is 5.91 Å². The van der Waals surface area contributed by atoms with Gasteiger partial charge in [-0.15, -0.1) is 0 Å². The number of para-hydroxylation sites is 2. The van der Waals surface area contributed by atoms with Gasteiger partial charge in [0.1, 0.15) is 11.5 Å². The Morgan fingerprint density at radius 2 is 1.66 bits per heavy atom. The van der Waals surface area contributed by atoms with Gasteiger partial charge in [0.2, 0.25) is 0 Å². The molecule has 0 atom stereocenters. The lowest BCUT2D eigenvalue weighted by atomic mass is 10.2. The Morgan fingerprint density at radius 3 is 2.50 bits per heavy atom. The van der Waals surface area contributed by atoms with Gasteiger partial charge in [-0.25, -0.2) is 9.67 Å². The van der Waals surface area contributed by atoms with Crippen LogP contribution in [0.15, 0.2) is 85.2 Å². The summed E-state index contributed by atoms with van der Waals surface area (Å²) in [6, 6.07) is 23.8. The molecule has 0 saturated carbocycles. The van der Waals surface area contributed by atoms with Crippen molar-refractivity contribution >= 4 is 16.8 Å². The number of hydrogen-bond acceptors (Lipinski definition) is 3. The Balaban J connectivity index is 1.39. The van der Waals surface area contributed by atoms with Crippen molar-refractivity contribution in [3.05, 3.63) is 108 Å². The number of amides is 1. The van der Waals surface area contributed by atoms with E-state index in [4.69, 9.17) is 5.10 Å². The zero-order chi connectivity index (χ0) is 21.7. The topological polar surface area (TPSA) is 56.0 Å². The van der Waals surface area contributed by atoms with Gasteiger partial charge in [0.05, 0.1) is 30.0 Å². The normalized spacial score (nSPS) is 13.0. The maximum absolute atomic E-state index is 13.3. The first kappa shape index (κ1) is 18.6. The van der Waals surface area contributed by atoms with E-state index in [9.17, 15) is 4.79 Å². The van der Waals surface area contributed by atoms with Crippen LogP contribution in [-0.2, 0) is 13.1 Å². The summed E-state index contributed by atoms with van der Waals surface area (Å²) in [5.74, 6) is 0.899. The van der Waals surface area contributed by atoms with Crippen molar-refractivity contribution in [2.45, 2.75) is 20.0 Å². The maximum Gasteiger partial charge on any atom is 0.273 e. The van der Waals surface area contributed by atoms with Gasteiger partial charge in [0, 0.05) is 23.3 Å². The number of carbonyl (C=O) groups excluding carboxylic acids is 1. The number of nitrogens with zero attached hydrogens (tertiary/aromatic N) is 5. The Bertz CT molecular complexity index is 1470. The summed E-state index contributed by atoms with van der Waals surface area (Å²) in [4.78, 5) is 19.7. The quantitative estimate of drug-likeness (QED) is 0.427. The molecular weight excluding hydrogens is 398 g/mol. The average Bonchev–Trinajstić information content (AvgIpc) is 3.55. The van der Waals surface area contributed by atoms with E-state index in [1.807, 2.05) is 76.6 Å². The van der Waals surface area contributed by atoms with E-state index in [0.717, 1.165) is 39.2 Å². The number of fused-ring (bicyclic) bond motifs is 2. The SMILES string of the molecule is Cc1ccccc1-n1nc2c(c1-n1cccc1)CN(C(=O)c1ccc3ccccc3n1)C2. The van der Waals surface area contributed by atoms with Crippen molar-refractivity contribution in [2.75, 3.05) is 0 Å². The lowest BCUT2D eigenvalue weighted by molar-refractivity contribution is 0.0743. The molecule has 0 N–H and O–H groups in total. The van der Waals surface area contributed by atoms with E-state index in [0.29, 0.717) is 18.8 Å². The molecule has 6 rings (SSSR count). The molecule has 2 aromatic carbocycles. The molecule has 0 radical (unpaired) electrons. The molecule has 0 spiro atoms. The molecule has 6 heteroatoms. The Hall–Kier alpha value is -4.19. The van der Waals surface area contributed by atoms with E-state index in [2.05, 4.69) is 28.6 Å². The number of rotatable bonds is 3. The summed E-state index contributed by atoms with van der Waals surface area (Å²) in [7, 11) is 0. The van der Waals surface area contributed by atoms with Gasteiger partial charge in [-0.2, -0.15) is 5.10 Å². The second-order valence-electron chi connectivity index (χ2n) is 8.09. The lowest BCUT2D eigenvalue weighted by Gasteiger charge is -2.18. The molecule has 1 amide bonds. The highest BCUT2D eigenvalue weighted by molar-refractivity contribution is 5.95. The summed E-state index contributed by atoms with van der Waals surface area (Å²) in [5, 5.41) is 5.96. The van der Waals surface area contributed by atoms with Gasteiger partial charge < -0.3 is 9.47 Å². The number of pyridine rings is 1. The third kappa shape index (κ3) is 2.92. The fourth-order valence-corrected chi connectivity index (χ4v) is 4.40. The van der Waals surface area contributed by atoms with E-state index in [1.54, 1.807) is 6.07 Å². The van der Waals surface area contributed by atoms with Crippen LogP contribution >= 0.6 is 0 Å². The van der Waals surface area contributed by atoms with Crippen molar-refractivity contribution in [1.29, 1.82) is 0 Å². The third-order valence-electron chi connectivity index (χ3n) is 6.03. The first-order chi connectivity index (χ1) is 15.7. The van der Waals surface area contributed by atoms with Crippen LogP contribution in [0.1, 0.15) is 27.3 Å². The van der Waals surface area contributed by atoms with Crippen LogP contribution in [0.5, 0.6) is 0 Å². The van der Waals surface area contributed by atoms with Crippen molar-refractivity contribution in [3.8, 4) is 11.5 Å². The van der Waals surface area contributed by atoms with Crippen molar-refractivity contribution in [2.24, 2.45) is 0 Å². The summed E-state index contributed by atoms with van der Waals surface area (Å²) >= 11 is 0. The number of aromatic nitrogens is 4. The van der Waals surface area contributed by atoms with Crippen molar-refractivity contribution in [1.82, 2.24) is 24.2 Å². The minimum absolute atomic E-state index is 0.0744. The molecule has 4 heterocycles. The summed E-state index contributed by atoms with van der Waals surface area (Å²) in [6.07, 6.45) is 4.03. The molecule has 3 aromatic heterocycles. The van der Waals surface area contributed by atoms with Crippen LogP contribution in [0.25, 0.3) is 22.4 Å². The molecule has 0 unspecified atom stereocenters. The lowest BCUT2D eigenvalue weighted by Crippen LogP contribution is -2.27. The number of aryl methyl sites for hydroxylation is 1. The number of carbonyl (C=O) groups is 1. The maximum atomic E-state index is 13.3. The largest absolute Gasteiger partial charge is 0.327 e. The van der Waals surface area contributed by atoms with E-state index in [1.165, 1.54) is 0 Å². The minimum Gasteiger partial charge on any atom is -0.327 e. The van der Waals surface area contributed by atoms with Gasteiger partial charge in [-0.1, -0.05) is 42.5 Å². The summed E-state index contributed by atoms with van der Waals surface area (Å²) in [5.41, 5.74) is 5.47. The molecule has 5 aromatic rings. The monoisotopic (exact) mass is 419 g/mol. The highest BCUT2D eigenvalue weighted by atomic mass is 16.2. The van der Waals surface area contributed by atoms with E-state index < -0.39 is 0 Å². The van der Waals surface area contributed by atoms with Crippen LogP contribution in [-0.4, -0.2) is 30.1 Å². The van der Waals surface area contributed by atoms with Crippen molar-refractivity contribution in [3.63, 3.8) is 0 Å². The molecule has 0 aliphatic carbocycles. The second kappa shape index (κ2) is 7.20. The van der Waals surface area contributed by atoms with Gasteiger partial charge in [-0.05, 0) is 42.8 Å². The fraction of sp³-hybridized carbons (Fsp3) is 0.115. The van der Waals surface area contributed by atoms with Gasteiger partial charge in [0.25, 0.3) is 5.91 Å².